The van der Waals surface area contributed by atoms with E-state index in [1.165, 1.54) is 6.08 Å². The van der Waals surface area contributed by atoms with Gasteiger partial charge in [0.15, 0.2) is 0 Å². The molecule has 0 aliphatic carbocycles. The fraction of sp³-hybridized carbons (Fsp3) is 0.542. The summed E-state index contributed by atoms with van der Waals surface area (Å²) in [5.41, 5.74) is 5.22. The maximum atomic E-state index is 12.8. The van der Waals surface area contributed by atoms with E-state index < -0.39 is 12.2 Å². The molecule has 2 atom stereocenters. The number of nitrogens with one attached hydrogen (secondary N) is 3. The van der Waals surface area contributed by atoms with Gasteiger partial charge in [-0.1, -0.05) is 6.07 Å². The van der Waals surface area contributed by atoms with Crippen molar-refractivity contribution in [3.05, 3.63) is 46.4 Å². The van der Waals surface area contributed by atoms with Gasteiger partial charge in [0.05, 0.1) is 25.5 Å². The van der Waals surface area contributed by atoms with Crippen molar-refractivity contribution in [3.8, 4) is 0 Å². The van der Waals surface area contributed by atoms with E-state index in [0.717, 1.165) is 0 Å². The molecule has 0 spiro atoms. The second-order valence-electron chi connectivity index (χ2n) is 8.92. The van der Waals surface area contributed by atoms with Gasteiger partial charge in [-0.05, 0) is 49.8 Å². The minimum Gasteiger partial charge on any atom is -0.465 e. The zero-order valence-corrected chi connectivity index (χ0v) is 20.4. The predicted molar refractivity (Wildman–Crippen MR) is 125 cm³/mol. The number of rotatable bonds is 6. The summed E-state index contributed by atoms with van der Waals surface area (Å²) in [6.07, 6.45) is -1.58. The molecule has 37 heavy (non-hydrogen) atoms. The number of halogens is 3. The van der Waals surface area contributed by atoms with E-state index >= 15 is 0 Å². The highest BCUT2D eigenvalue weighted by Crippen LogP contribution is 2.37. The molecule has 0 radical (unpaired) electrons. The van der Waals surface area contributed by atoms with Crippen LogP contribution in [-0.4, -0.2) is 59.7 Å². The normalized spacial score (nSPS) is 22.4. The van der Waals surface area contributed by atoms with Crippen LogP contribution in [0.3, 0.4) is 0 Å². The Morgan fingerprint density at radius 1 is 1.32 bits per heavy atom. The lowest BCUT2D eigenvalue weighted by Crippen LogP contribution is -2.49. The number of anilines is 1. The van der Waals surface area contributed by atoms with Crippen molar-refractivity contribution in [1.29, 1.82) is 0 Å². The first-order valence-corrected chi connectivity index (χ1v) is 12.2. The smallest absolute Gasteiger partial charge is 0.465 e. The number of carbonyl (C=O) groups excluding carboxylic acids is 1. The first-order valence-electron chi connectivity index (χ1n) is 12.2. The average Bonchev–Trinajstić information content (AvgIpc) is 2.92. The van der Waals surface area contributed by atoms with Crippen molar-refractivity contribution >= 4 is 17.4 Å². The summed E-state index contributed by atoms with van der Waals surface area (Å²) in [5, 5.41) is 28.1. The van der Waals surface area contributed by atoms with Crippen molar-refractivity contribution in [2.24, 2.45) is 0 Å². The van der Waals surface area contributed by atoms with Crippen molar-refractivity contribution in [1.82, 2.24) is 15.9 Å². The van der Waals surface area contributed by atoms with Crippen LogP contribution in [0.25, 0.3) is 5.70 Å². The number of fused-ring (bicyclic) bond motifs is 2. The third-order valence-electron chi connectivity index (χ3n) is 6.43. The highest BCUT2D eigenvalue weighted by molar-refractivity contribution is 5.77. The molecule has 0 unspecified atom stereocenters. The van der Waals surface area contributed by atoms with Gasteiger partial charge in [-0.25, -0.2) is 5.43 Å². The molecule has 10 nitrogen and oxygen atoms in total. The molecule has 0 aromatic heterocycles. The third-order valence-corrected chi connectivity index (χ3v) is 6.43. The predicted octanol–water partition coefficient (Wildman–Crippen LogP) is 2.88. The lowest BCUT2D eigenvalue weighted by atomic mass is 9.93. The number of ether oxygens (including phenoxy) is 3. The molecule has 0 amide bonds. The molecular weight excluding hydrogens is 497 g/mol. The number of allylic oxidation sites excluding steroid dienone is 2. The van der Waals surface area contributed by atoms with E-state index in [4.69, 9.17) is 9.47 Å². The molecule has 204 valence electrons. The van der Waals surface area contributed by atoms with Crippen molar-refractivity contribution in [2.75, 3.05) is 25.1 Å². The number of nitrogens with zero attached hydrogens (tertiary/aromatic N) is 1. The second-order valence-corrected chi connectivity index (χ2v) is 8.92. The highest BCUT2D eigenvalue weighted by atomic mass is 19.4. The number of carbonyl (C=O) groups is 1. The van der Waals surface area contributed by atoms with Crippen LogP contribution in [-0.2, 0) is 32.2 Å². The largest absolute Gasteiger partial charge is 0.574 e. The Kier molecular flexibility index (Phi) is 8.47. The first kappa shape index (κ1) is 27.0. The summed E-state index contributed by atoms with van der Waals surface area (Å²) in [6, 6.07) is 3.11. The molecule has 3 aliphatic rings. The molecule has 13 heteroatoms. The molecule has 1 aromatic carbocycles. The first-order chi connectivity index (χ1) is 17.7. The topological polar surface area (TPSA) is 125 Å². The number of hydrogen-bond donors (Lipinski definition) is 5. The summed E-state index contributed by atoms with van der Waals surface area (Å²) in [4.78, 5) is 12.0. The molecule has 0 saturated carbocycles. The third kappa shape index (κ3) is 6.47. The summed E-state index contributed by atoms with van der Waals surface area (Å²) in [5.74, 6) is -0.926. The van der Waals surface area contributed by atoms with Gasteiger partial charge < -0.3 is 30.0 Å². The van der Waals surface area contributed by atoms with Crippen LogP contribution in [0.1, 0.15) is 49.3 Å². The van der Waals surface area contributed by atoms with E-state index in [-0.39, 0.29) is 37.0 Å². The average molecular weight is 529 g/mol. The standard InChI is InChI=1S/C24H31F3N4O6/c1-2-36-23(33)20-7-5-15(11-28-20)29-19-8-6-16-18(17(19)12-32)13-35-9-3-4-14-10-21(37-24(25,26)27)30-31(34)22(14)16/h6,8,10,15,20,28-30,32,34H,2-5,7,9,11-13H2,1H3/t15-,20+/m1/s1. The van der Waals surface area contributed by atoms with Crippen LogP contribution >= 0.6 is 0 Å². The molecule has 1 aromatic rings. The molecule has 3 heterocycles. The Balaban J connectivity index is 1.62. The molecule has 5 N–H and O–H groups in total. The second kappa shape index (κ2) is 11.6. The zero-order chi connectivity index (χ0) is 26.6. The number of hydroxylamine groups is 1. The molecule has 3 aliphatic heterocycles. The van der Waals surface area contributed by atoms with Crippen molar-refractivity contribution in [2.45, 2.75) is 64.3 Å². The van der Waals surface area contributed by atoms with Gasteiger partial charge in [-0.3, -0.25) is 10.0 Å². The Morgan fingerprint density at radius 3 is 2.81 bits per heavy atom. The lowest BCUT2D eigenvalue weighted by molar-refractivity contribution is -0.312. The van der Waals surface area contributed by atoms with Crippen LogP contribution < -0.4 is 16.1 Å². The zero-order valence-electron chi connectivity index (χ0n) is 20.4. The summed E-state index contributed by atoms with van der Waals surface area (Å²) < 4.78 is 53.2. The summed E-state index contributed by atoms with van der Waals surface area (Å²) in [6.45, 7) is 2.73. The van der Waals surface area contributed by atoms with Gasteiger partial charge in [-0.2, -0.15) is 5.17 Å². The van der Waals surface area contributed by atoms with Gasteiger partial charge in [0.2, 0.25) is 5.88 Å². The van der Waals surface area contributed by atoms with E-state index in [1.54, 1.807) is 19.1 Å². The molecular formula is C24H31F3N4O6. The van der Waals surface area contributed by atoms with Crippen LogP contribution in [0.4, 0.5) is 18.9 Å². The number of aliphatic hydroxyl groups is 1. The van der Waals surface area contributed by atoms with Gasteiger partial charge >= 0.3 is 12.3 Å². The van der Waals surface area contributed by atoms with E-state index in [1.807, 2.05) is 0 Å². The van der Waals surface area contributed by atoms with Gasteiger partial charge in [-0.15, -0.1) is 13.2 Å². The maximum absolute atomic E-state index is 12.8. The van der Waals surface area contributed by atoms with Crippen LogP contribution in [0, 0.1) is 0 Å². The fourth-order valence-corrected chi connectivity index (χ4v) is 4.79. The Bertz CT molecular complexity index is 1050. The summed E-state index contributed by atoms with van der Waals surface area (Å²) >= 11 is 0. The van der Waals surface area contributed by atoms with Crippen molar-refractivity contribution < 1.29 is 42.5 Å². The quantitative estimate of drug-likeness (QED) is 0.352. The molecule has 1 saturated heterocycles. The number of hydrogen-bond acceptors (Lipinski definition) is 10. The van der Waals surface area contributed by atoms with Gasteiger partial charge in [0.25, 0.3) is 0 Å². The number of esters is 1. The van der Waals surface area contributed by atoms with E-state index in [0.29, 0.717) is 78.6 Å². The van der Waals surface area contributed by atoms with Crippen LogP contribution in [0.15, 0.2) is 29.7 Å². The minimum absolute atomic E-state index is 0.0169. The minimum atomic E-state index is -4.92. The van der Waals surface area contributed by atoms with E-state index in [9.17, 15) is 28.3 Å². The molecule has 1 fully saturated rings. The summed E-state index contributed by atoms with van der Waals surface area (Å²) in [7, 11) is 0. The Labute approximate surface area is 212 Å². The van der Waals surface area contributed by atoms with E-state index in [2.05, 4.69) is 20.8 Å². The Morgan fingerprint density at radius 2 is 2.14 bits per heavy atom. The number of hydrazine groups is 1. The lowest BCUT2D eigenvalue weighted by Gasteiger charge is -2.32. The van der Waals surface area contributed by atoms with Crippen LogP contribution in [0.2, 0.25) is 0 Å². The monoisotopic (exact) mass is 528 g/mol. The molecule has 4 rings (SSSR count). The molecule has 0 bridgehead atoms. The highest BCUT2D eigenvalue weighted by Gasteiger charge is 2.35. The maximum Gasteiger partial charge on any atom is 0.574 e. The fourth-order valence-electron chi connectivity index (χ4n) is 4.79. The number of aliphatic hydroxyl groups excluding tert-OH is 1. The number of alkyl halides is 3. The van der Waals surface area contributed by atoms with Gasteiger partial charge in [0.1, 0.15) is 6.04 Å². The van der Waals surface area contributed by atoms with Gasteiger partial charge in [0, 0.05) is 42.1 Å². The van der Waals surface area contributed by atoms with Crippen LogP contribution in [0.5, 0.6) is 0 Å². The van der Waals surface area contributed by atoms with Crippen molar-refractivity contribution in [3.63, 3.8) is 0 Å². The SMILES string of the molecule is CCOC(=O)[C@@H]1CC[C@@H](Nc2ccc3c(c2CO)COCCCC2=C3N(O)NC(OC(F)(F)F)=C2)CN1. The Hall–Kier alpha value is -3.00. The number of piperidine rings is 1. The number of benzene rings is 1.